The normalized spacial score (nSPS) is 12.1. The zero-order valence-electron chi connectivity index (χ0n) is 13.4. The second-order valence-electron chi connectivity index (χ2n) is 5.35. The van der Waals surface area contributed by atoms with Gasteiger partial charge in [0, 0.05) is 12.1 Å². The second kappa shape index (κ2) is 7.35. The summed E-state index contributed by atoms with van der Waals surface area (Å²) >= 11 is 1.47. The first-order valence-corrected chi connectivity index (χ1v) is 8.49. The summed E-state index contributed by atoms with van der Waals surface area (Å²) in [7, 11) is 0. The maximum absolute atomic E-state index is 12.7. The van der Waals surface area contributed by atoms with Gasteiger partial charge in [-0.2, -0.15) is 0 Å². The van der Waals surface area contributed by atoms with E-state index < -0.39 is 5.25 Å². The van der Waals surface area contributed by atoms with E-state index in [0.29, 0.717) is 17.3 Å². The van der Waals surface area contributed by atoms with Crippen molar-refractivity contribution in [1.29, 1.82) is 0 Å². The largest absolute Gasteiger partial charge is 0.360 e. The SMILES string of the molecule is Cc1cc(CS[C@H](C(=O)Nc2cc(C)on2)c2ccccc2)on1. The van der Waals surface area contributed by atoms with Crippen LogP contribution in [0, 0.1) is 13.8 Å². The predicted octanol–water partition coefficient (Wildman–Crippen LogP) is 3.89. The molecule has 0 aliphatic carbocycles. The lowest BCUT2D eigenvalue weighted by Crippen LogP contribution is -2.19. The molecule has 2 aromatic heterocycles. The van der Waals surface area contributed by atoms with Crippen LogP contribution in [-0.4, -0.2) is 16.2 Å². The average Bonchev–Trinajstić information content (AvgIpc) is 3.17. The molecule has 3 aromatic rings. The average molecular weight is 343 g/mol. The number of nitrogens with zero attached hydrogens (tertiary/aromatic N) is 2. The van der Waals surface area contributed by atoms with Crippen LogP contribution < -0.4 is 5.32 Å². The highest BCUT2D eigenvalue weighted by Crippen LogP contribution is 2.33. The zero-order chi connectivity index (χ0) is 16.9. The van der Waals surface area contributed by atoms with Gasteiger partial charge in [-0.25, -0.2) is 0 Å². The van der Waals surface area contributed by atoms with E-state index in [2.05, 4.69) is 15.6 Å². The lowest BCUT2D eigenvalue weighted by atomic mass is 10.1. The minimum absolute atomic E-state index is 0.157. The van der Waals surface area contributed by atoms with Crippen molar-refractivity contribution in [1.82, 2.24) is 10.3 Å². The number of carbonyl (C=O) groups is 1. The molecular weight excluding hydrogens is 326 g/mol. The third-order valence-corrected chi connectivity index (χ3v) is 4.56. The molecule has 24 heavy (non-hydrogen) atoms. The molecule has 6 nitrogen and oxygen atoms in total. The van der Waals surface area contributed by atoms with Crippen molar-refractivity contribution in [2.75, 3.05) is 5.32 Å². The Labute approximate surface area is 143 Å². The van der Waals surface area contributed by atoms with Crippen molar-refractivity contribution in [3.05, 3.63) is 65.2 Å². The van der Waals surface area contributed by atoms with Crippen LogP contribution in [0.3, 0.4) is 0 Å². The Morgan fingerprint density at radius 3 is 2.58 bits per heavy atom. The molecule has 0 saturated carbocycles. The molecule has 1 aromatic carbocycles. The minimum Gasteiger partial charge on any atom is -0.360 e. The summed E-state index contributed by atoms with van der Waals surface area (Å²) in [5.41, 5.74) is 1.74. The van der Waals surface area contributed by atoms with Crippen LogP contribution in [0.25, 0.3) is 0 Å². The van der Waals surface area contributed by atoms with E-state index in [1.54, 1.807) is 13.0 Å². The zero-order valence-corrected chi connectivity index (χ0v) is 14.2. The van der Waals surface area contributed by atoms with Gasteiger partial charge >= 0.3 is 0 Å². The summed E-state index contributed by atoms with van der Waals surface area (Å²) in [6.45, 7) is 3.64. The fourth-order valence-electron chi connectivity index (χ4n) is 2.22. The number of nitrogens with one attached hydrogen (secondary N) is 1. The molecule has 3 rings (SSSR count). The van der Waals surface area contributed by atoms with E-state index >= 15 is 0 Å². The number of aryl methyl sites for hydroxylation is 2. The number of carbonyl (C=O) groups excluding carboxylic acids is 1. The molecule has 124 valence electrons. The van der Waals surface area contributed by atoms with E-state index in [1.165, 1.54) is 11.8 Å². The Bertz CT molecular complexity index is 813. The molecule has 1 amide bonds. The standard InChI is InChI=1S/C17H17N3O3S/c1-11-8-14(23-19-11)10-24-16(13-6-4-3-5-7-13)17(21)18-15-9-12(2)22-20-15/h3-9,16H,10H2,1-2H3,(H,18,20,21)/t16-/m0/s1. The molecular formula is C17H17N3O3S. The highest BCUT2D eigenvalue weighted by molar-refractivity contribution is 7.99. The Balaban J connectivity index is 1.75. The summed E-state index contributed by atoms with van der Waals surface area (Å²) in [5.74, 6) is 2.19. The summed E-state index contributed by atoms with van der Waals surface area (Å²) in [4.78, 5) is 12.7. The first-order valence-electron chi connectivity index (χ1n) is 7.45. The van der Waals surface area contributed by atoms with Crippen LogP contribution in [0.2, 0.25) is 0 Å². The summed E-state index contributed by atoms with van der Waals surface area (Å²) in [5, 5.41) is 10.1. The molecule has 1 N–H and O–H groups in total. The Kier molecular flexibility index (Phi) is 5.00. The van der Waals surface area contributed by atoms with Gasteiger partial charge in [-0.1, -0.05) is 40.6 Å². The smallest absolute Gasteiger partial charge is 0.243 e. The molecule has 1 atom stereocenters. The maximum Gasteiger partial charge on any atom is 0.243 e. The molecule has 0 spiro atoms. The fraction of sp³-hybridized carbons (Fsp3) is 0.235. The van der Waals surface area contributed by atoms with Gasteiger partial charge in [0.15, 0.2) is 5.82 Å². The molecule has 0 bridgehead atoms. The Morgan fingerprint density at radius 1 is 1.17 bits per heavy atom. The van der Waals surface area contributed by atoms with Crippen molar-refractivity contribution < 1.29 is 13.8 Å². The highest BCUT2D eigenvalue weighted by atomic mass is 32.2. The molecule has 0 saturated heterocycles. The van der Waals surface area contributed by atoms with Gasteiger partial charge in [-0.05, 0) is 19.4 Å². The van der Waals surface area contributed by atoms with Gasteiger partial charge in [0.25, 0.3) is 0 Å². The van der Waals surface area contributed by atoms with Gasteiger partial charge in [0.1, 0.15) is 16.8 Å². The van der Waals surface area contributed by atoms with E-state index in [9.17, 15) is 4.79 Å². The third-order valence-electron chi connectivity index (χ3n) is 3.29. The lowest BCUT2D eigenvalue weighted by molar-refractivity contribution is -0.115. The summed E-state index contributed by atoms with van der Waals surface area (Å²) in [6, 6.07) is 13.2. The van der Waals surface area contributed by atoms with Crippen molar-refractivity contribution in [3.63, 3.8) is 0 Å². The number of hydrogen-bond donors (Lipinski definition) is 1. The van der Waals surface area contributed by atoms with Gasteiger partial charge in [-0.15, -0.1) is 11.8 Å². The molecule has 7 heteroatoms. The first kappa shape index (κ1) is 16.3. The van der Waals surface area contributed by atoms with Gasteiger partial charge in [-0.3, -0.25) is 4.79 Å². The van der Waals surface area contributed by atoms with Crippen molar-refractivity contribution in [3.8, 4) is 0 Å². The van der Waals surface area contributed by atoms with E-state index in [4.69, 9.17) is 9.05 Å². The Morgan fingerprint density at radius 2 is 1.96 bits per heavy atom. The van der Waals surface area contributed by atoms with Crippen molar-refractivity contribution in [2.24, 2.45) is 0 Å². The van der Waals surface area contributed by atoms with Crippen LogP contribution in [0.5, 0.6) is 0 Å². The minimum atomic E-state index is -0.395. The molecule has 0 unspecified atom stereocenters. The van der Waals surface area contributed by atoms with Crippen LogP contribution >= 0.6 is 11.8 Å². The van der Waals surface area contributed by atoms with E-state index in [1.807, 2.05) is 43.3 Å². The molecule has 2 heterocycles. The van der Waals surface area contributed by atoms with Crippen LogP contribution in [0.15, 0.2) is 51.5 Å². The number of anilines is 1. The van der Waals surface area contributed by atoms with Crippen LogP contribution in [0.4, 0.5) is 5.82 Å². The van der Waals surface area contributed by atoms with E-state index in [-0.39, 0.29) is 5.91 Å². The summed E-state index contributed by atoms with van der Waals surface area (Å²) < 4.78 is 10.2. The van der Waals surface area contributed by atoms with Gasteiger partial charge in [0.2, 0.25) is 5.91 Å². The molecule has 0 aliphatic rings. The number of thioether (sulfide) groups is 1. The van der Waals surface area contributed by atoms with E-state index in [0.717, 1.165) is 17.0 Å². The number of rotatable bonds is 6. The highest BCUT2D eigenvalue weighted by Gasteiger charge is 2.23. The number of aromatic nitrogens is 2. The first-order chi connectivity index (χ1) is 11.6. The topological polar surface area (TPSA) is 81.2 Å². The van der Waals surface area contributed by atoms with Crippen LogP contribution in [-0.2, 0) is 10.5 Å². The number of benzene rings is 1. The fourth-order valence-corrected chi connectivity index (χ4v) is 3.24. The third kappa shape index (κ3) is 4.05. The van der Waals surface area contributed by atoms with Crippen LogP contribution in [0.1, 0.15) is 28.0 Å². The predicted molar refractivity (Wildman–Crippen MR) is 91.6 cm³/mol. The molecule has 0 radical (unpaired) electrons. The Hall–Kier alpha value is -2.54. The van der Waals surface area contributed by atoms with Crippen molar-refractivity contribution >= 4 is 23.5 Å². The van der Waals surface area contributed by atoms with Crippen molar-refractivity contribution in [2.45, 2.75) is 24.9 Å². The lowest BCUT2D eigenvalue weighted by Gasteiger charge is -2.15. The monoisotopic (exact) mass is 343 g/mol. The quantitative estimate of drug-likeness (QED) is 0.731. The van der Waals surface area contributed by atoms with Gasteiger partial charge < -0.3 is 14.4 Å². The second-order valence-corrected chi connectivity index (χ2v) is 6.44. The van der Waals surface area contributed by atoms with Gasteiger partial charge in [0.05, 0.1) is 11.4 Å². The maximum atomic E-state index is 12.7. The summed E-state index contributed by atoms with van der Waals surface area (Å²) in [6.07, 6.45) is 0. The molecule has 0 aliphatic heterocycles. The number of hydrogen-bond acceptors (Lipinski definition) is 6. The number of amides is 1. The molecule has 0 fully saturated rings.